The lowest BCUT2D eigenvalue weighted by Gasteiger charge is -2.03. The molecule has 16 heavy (non-hydrogen) atoms. The summed E-state index contributed by atoms with van der Waals surface area (Å²) in [6.45, 7) is 0.426. The molecule has 0 aliphatic heterocycles. The van der Waals surface area contributed by atoms with Gasteiger partial charge in [0.05, 0.1) is 0 Å². The van der Waals surface area contributed by atoms with Crippen molar-refractivity contribution in [2.75, 3.05) is 12.4 Å². The molecule has 1 rings (SSSR count). The number of nitrogens with one attached hydrogen (secondary N) is 1. The van der Waals surface area contributed by atoms with Crippen LogP contribution in [0, 0.1) is 0 Å². The monoisotopic (exact) mass is 277 g/mol. The van der Waals surface area contributed by atoms with Gasteiger partial charge in [-0.2, -0.15) is 0 Å². The summed E-state index contributed by atoms with van der Waals surface area (Å²) in [4.78, 5) is 11.6. The van der Waals surface area contributed by atoms with Gasteiger partial charge < -0.3 is 5.32 Å². The first-order chi connectivity index (χ1) is 7.63. The van der Waals surface area contributed by atoms with Gasteiger partial charge in [-0.1, -0.05) is 35.4 Å². The van der Waals surface area contributed by atoms with Crippen molar-refractivity contribution >= 4 is 40.7 Å². The van der Waals surface area contributed by atoms with E-state index in [0.717, 1.165) is 0 Å². The normalized spacial score (nSPS) is 10.7. The summed E-state index contributed by atoms with van der Waals surface area (Å²) in [6, 6.07) is 4.70. The highest BCUT2D eigenvalue weighted by Gasteiger charge is 2.06. The van der Waals surface area contributed by atoms with E-state index in [1.54, 1.807) is 30.4 Å². The van der Waals surface area contributed by atoms with E-state index >= 15 is 0 Å². The molecular weight excluding hydrogens is 268 g/mol. The number of rotatable bonds is 4. The van der Waals surface area contributed by atoms with Crippen LogP contribution in [0.15, 0.2) is 30.4 Å². The number of carbonyl (C=O) groups is 1. The Labute approximate surface area is 109 Å². The van der Waals surface area contributed by atoms with Crippen LogP contribution in [0.2, 0.25) is 10.0 Å². The molecule has 0 aliphatic carbocycles. The molecule has 0 saturated carbocycles. The number of allylic oxidation sites excluding steroid dienone is 1. The highest BCUT2D eigenvalue weighted by atomic mass is 35.5. The van der Waals surface area contributed by atoms with Gasteiger partial charge >= 0.3 is 0 Å². The molecule has 2 nitrogen and oxygen atoms in total. The molecule has 0 unspecified atom stereocenters. The van der Waals surface area contributed by atoms with Gasteiger partial charge in [-0.05, 0) is 18.2 Å². The van der Waals surface area contributed by atoms with Crippen LogP contribution in [0.1, 0.15) is 10.4 Å². The average molecular weight is 279 g/mol. The summed E-state index contributed by atoms with van der Waals surface area (Å²) in [6.07, 6.45) is 3.53. The summed E-state index contributed by atoms with van der Waals surface area (Å²) in [5, 5.41) is 3.56. The van der Waals surface area contributed by atoms with Crippen molar-refractivity contribution in [3.63, 3.8) is 0 Å². The largest absolute Gasteiger partial charge is 0.349 e. The highest BCUT2D eigenvalue weighted by Crippen LogP contribution is 2.18. The second kappa shape index (κ2) is 6.79. The molecule has 5 heteroatoms. The van der Waals surface area contributed by atoms with Crippen molar-refractivity contribution in [2.45, 2.75) is 0 Å². The molecular formula is C11H10Cl3NO. The van der Waals surface area contributed by atoms with Crippen molar-refractivity contribution in [2.24, 2.45) is 0 Å². The molecule has 0 bridgehead atoms. The minimum atomic E-state index is -0.219. The predicted molar refractivity (Wildman–Crippen MR) is 68.7 cm³/mol. The van der Waals surface area contributed by atoms with Crippen LogP contribution in [0.5, 0.6) is 0 Å². The zero-order valence-electron chi connectivity index (χ0n) is 8.34. The fraction of sp³-hybridized carbons (Fsp3) is 0.182. The Kier molecular flexibility index (Phi) is 5.67. The van der Waals surface area contributed by atoms with Gasteiger partial charge in [0.1, 0.15) is 0 Å². The summed E-state index contributed by atoms with van der Waals surface area (Å²) in [5.41, 5.74) is 0.441. The predicted octanol–water partition coefficient (Wildman–Crippen LogP) is 3.52. The quantitative estimate of drug-likeness (QED) is 0.663. The molecule has 0 spiro atoms. The first-order valence-corrected chi connectivity index (χ1v) is 5.88. The minimum Gasteiger partial charge on any atom is -0.349 e. The third-order valence-corrected chi connectivity index (χ3v) is 2.38. The van der Waals surface area contributed by atoms with E-state index in [-0.39, 0.29) is 5.91 Å². The zero-order chi connectivity index (χ0) is 12.0. The molecule has 0 fully saturated rings. The Bertz CT molecular complexity index is 384. The maximum absolute atomic E-state index is 11.6. The summed E-state index contributed by atoms with van der Waals surface area (Å²) in [7, 11) is 0. The van der Waals surface area contributed by atoms with Crippen molar-refractivity contribution in [3.05, 3.63) is 46.0 Å². The van der Waals surface area contributed by atoms with Crippen molar-refractivity contribution < 1.29 is 4.79 Å². The molecule has 86 valence electrons. The van der Waals surface area contributed by atoms with Gasteiger partial charge in [0.25, 0.3) is 5.91 Å². The summed E-state index contributed by atoms with van der Waals surface area (Å²) >= 11 is 17.0. The second-order valence-electron chi connectivity index (χ2n) is 2.99. The van der Waals surface area contributed by atoms with Gasteiger partial charge in [-0.15, -0.1) is 11.6 Å². The van der Waals surface area contributed by atoms with E-state index < -0.39 is 0 Å². The van der Waals surface area contributed by atoms with Crippen LogP contribution in [0.4, 0.5) is 0 Å². The standard InChI is InChI=1S/C11H10Cl3NO/c12-3-1-2-4-15-11(16)8-5-9(13)7-10(14)6-8/h1-2,5-7H,3-4H2,(H,15,16)/b2-1+. The fourth-order valence-electron chi connectivity index (χ4n) is 1.08. The number of alkyl halides is 1. The Balaban J connectivity index is 2.62. The molecule has 1 aromatic rings. The van der Waals surface area contributed by atoms with Crippen LogP contribution in [-0.2, 0) is 0 Å². The molecule has 1 aromatic carbocycles. The highest BCUT2D eigenvalue weighted by molar-refractivity contribution is 6.35. The van der Waals surface area contributed by atoms with E-state index in [4.69, 9.17) is 34.8 Å². The van der Waals surface area contributed by atoms with Gasteiger partial charge in [0, 0.05) is 28.0 Å². The summed E-state index contributed by atoms with van der Waals surface area (Å²) < 4.78 is 0. The fourth-order valence-corrected chi connectivity index (χ4v) is 1.74. The smallest absolute Gasteiger partial charge is 0.251 e. The van der Waals surface area contributed by atoms with Crippen LogP contribution in [0.25, 0.3) is 0 Å². The van der Waals surface area contributed by atoms with Crippen LogP contribution in [-0.4, -0.2) is 18.3 Å². The number of amides is 1. The first kappa shape index (κ1) is 13.4. The number of benzene rings is 1. The number of halogens is 3. The summed E-state index contributed by atoms with van der Waals surface area (Å²) in [5.74, 6) is 0.211. The lowest BCUT2D eigenvalue weighted by atomic mass is 10.2. The van der Waals surface area contributed by atoms with Gasteiger partial charge in [0.2, 0.25) is 0 Å². The molecule has 0 heterocycles. The lowest BCUT2D eigenvalue weighted by Crippen LogP contribution is -2.23. The van der Waals surface area contributed by atoms with Crippen molar-refractivity contribution in [3.8, 4) is 0 Å². The molecule has 0 radical (unpaired) electrons. The van der Waals surface area contributed by atoms with Crippen molar-refractivity contribution in [1.82, 2.24) is 5.32 Å². The number of carbonyl (C=O) groups excluding carboxylic acids is 1. The Morgan fingerprint density at radius 1 is 1.19 bits per heavy atom. The van der Waals surface area contributed by atoms with E-state index in [0.29, 0.717) is 28.0 Å². The molecule has 1 N–H and O–H groups in total. The number of hydrogen-bond acceptors (Lipinski definition) is 1. The SMILES string of the molecule is O=C(NC/C=C/CCl)c1cc(Cl)cc(Cl)c1. The van der Waals surface area contributed by atoms with Crippen LogP contribution >= 0.6 is 34.8 Å². The van der Waals surface area contributed by atoms with E-state index in [2.05, 4.69) is 5.32 Å². The van der Waals surface area contributed by atoms with E-state index in [9.17, 15) is 4.79 Å². The van der Waals surface area contributed by atoms with E-state index in [1.165, 1.54) is 0 Å². The molecule has 1 amide bonds. The molecule has 0 saturated heterocycles. The maximum atomic E-state index is 11.6. The molecule has 0 aromatic heterocycles. The Hall–Kier alpha value is -0.700. The average Bonchev–Trinajstić information content (AvgIpc) is 2.22. The third kappa shape index (κ3) is 4.44. The first-order valence-electron chi connectivity index (χ1n) is 4.58. The van der Waals surface area contributed by atoms with Gasteiger partial charge in [-0.3, -0.25) is 4.79 Å². The zero-order valence-corrected chi connectivity index (χ0v) is 10.6. The van der Waals surface area contributed by atoms with Gasteiger partial charge in [-0.25, -0.2) is 0 Å². The van der Waals surface area contributed by atoms with E-state index in [1.807, 2.05) is 0 Å². The Morgan fingerprint density at radius 2 is 1.81 bits per heavy atom. The second-order valence-corrected chi connectivity index (χ2v) is 4.18. The topological polar surface area (TPSA) is 29.1 Å². The molecule has 0 atom stereocenters. The maximum Gasteiger partial charge on any atom is 0.251 e. The molecule has 0 aliphatic rings. The minimum absolute atomic E-state index is 0.219. The lowest BCUT2D eigenvalue weighted by molar-refractivity contribution is 0.0958. The number of hydrogen-bond donors (Lipinski definition) is 1. The third-order valence-electron chi connectivity index (χ3n) is 1.76. The van der Waals surface area contributed by atoms with Crippen molar-refractivity contribution in [1.29, 1.82) is 0 Å². The van der Waals surface area contributed by atoms with Gasteiger partial charge in [0.15, 0.2) is 0 Å². The Morgan fingerprint density at radius 3 is 2.38 bits per heavy atom. The van der Waals surface area contributed by atoms with Crippen LogP contribution in [0.3, 0.4) is 0 Å². The van der Waals surface area contributed by atoms with Crippen LogP contribution < -0.4 is 5.32 Å².